The van der Waals surface area contributed by atoms with Crippen LogP contribution < -0.4 is 14.8 Å². The van der Waals surface area contributed by atoms with Crippen molar-refractivity contribution in [3.05, 3.63) is 44.8 Å². The molecule has 0 aliphatic rings. The van der Waals surface area contributed by atoms with Crippen LogP contribution in [-0.2, 0) is 6.54 Å². The number of hydrogen-bond acceptors (Lipinski definition) is 4. The minimum absolute atomic E-state index is 0.132. The second-order valence-corrected chi connectivity index (χ2v) is 6.04. The molecule has 0 aliphatic carbocycles. The lowest BCUT2D eigenvalue weighted by Gasteiger charge is -2.13. The Morgan fingerprint density at radius 3 is 2.38 bits per heavy atom. The molecule has 0 amide bonds. The molecule has 2 aromatic rings. The first-order valence-corrected chi connectivity index (χ1v) is 7.76. The molecular weight excluding hydrogens is 402 g/mol. The molecule has 0 saturated carbocycles. The second-order valence-electron chi connectivity index (χ2n) is 4.33. The SMILES string of the molecule is COc1cc(CNc2cc(OC)c(Br)cc2Br)ccc1O. The van der Waals surface area contributed by atoms with Crippen molar-refractivity contribution in [3.63, 3.8) is 0 Å². The van der Waals surface area contributed by atoms with Gasteiger partial charge < -0.3 is 19.9 Å². The van der Waals surface area contributed by atoms with Crippen molar-refractivity contribution in [3.8, 4) is 17.2 Å². The molecule has 0 radical (unpaired) electrons. The molecule has 2 aromatic carbocycles. The number of hydrogen-bond donors (Lipinski definition) is 2. The van der Waals surface area contributed by atoms with Gasteiger partial charge in [-0.15, -0.1) is 0 Å². The zero-order chi connectivity index (χ0) is 15.4. The van der Waals surface area contributed by atoms with Crippen LogP contribution in [0.15, 0.2) is 39.3 Å². The van der Waals surface area contributed by atoms with Gasteiger partial charge in [0, 0.05) is 17.1 Å². The van der Waals surface area contributed by atoms with E-state index in [1.165, 1.54) is 7.11 Å². The number of halogens is 2. The van der Waals surface area contributed by atoms with Crippen LogP contribution >= 0.6 is 31.9 Å². The van der Waals surface area contributed by atoms with Crippen LogP contribution in [0.3, 0.4) is 0 Å². The largest absolute Gasteiger partial charge is 0.504 e. The molecular formula is C15H15Br2NO3. The van der Waals surface area contributed by atoms with E-state index in [1.807, 2.05) is 18.2 Å². The predicted molar refractivity (Wildman–Crippen MR) is 90.4 cm³/mol. The number of anilines is 1. The Morgan fingerprint density at radius 1 is 1.00 bits per heavy atom. The van der Waals surface area contributed by atoms with Gasteiger partial charge >= 0.3 is 0 Å². The fourth-order valence-corrected chi connectivity index (χ4v) is 3.15. The van der Waals surface area contributed by atoms with E-state index in [1.54, 1.807) is 19.2 Å². The van der Waals surface area contributed by atoms with Crippen LogP contribution in [-0.4, -0.2) is 19.3 Å². The Bertz CT molecular complexity index is 647. The number of ether oxygens (including phenoxy) is 2. The van der Waals surface area contributed by atoms with Gasteiger partial charge in [-0.3, -0.25) is 0 Å². The van der Waals surface area contributed by atoms with Gasteiger partial charge in [-0.2, -0.15) is 0 Å². The summed E-state index contributed by atoms with van der Waals surface area (Å²) < 4.78 is 12.2. The van der Waals surface area contributed by atoms with E-state index in [0.717, 1.165) is 25.9 Å². The molecule has 0 atom stereocenters. The van der Waals surface area contributed by atoms with Crippen molar-refractivity contribution in [2.75, 3.05) is 19.5 Å². The molecule has 0 spiro atoms. The van der Waals surface area contributed by atoms with Crippen molar-refractivity contribution in [1.82, 2.24) is 0 Å². The Kier molecular flexibility index (Phi) is 5.36. The van der Waals surface area contributed by atoms with Crippen LogP contribution in [0.5, 0.6) is 17.2 Å². The normalized spacial score (nSPS) is 10.3. The summed E-state index contributed by atoms with van der Waals surface area (Å²) in [5, 5.41) is 12.9. The van der Waals surface area contributed by atoms with E-state index in [2.05, 4.69) is 37.2 Å². The molecule has 2 rings (SSSR count). The Balaban J connectivity index is 2.16. The van der Waals surface area contributed by atoms with Gasteiger partial charge in [-0.25, -0.2) is 0 Å². The molecule has 0 bridgehead atoms. The van der Waals surface area contributed by atoms with E-state index >= 15 is 0 Å². The minimum Gasteiger partial charge on any atom is -0.504 e. The summed E-state index contributed by atoms with van der Waals surface area (Å²) in [7, 11) is 3.16. The number of benzene rings is 2. The van der Waals surface area contributed by atoms with Gasteiger partial charge in [-0.1, -0.05) is 6.07 Å². The average molecular weight is 417 g/mol. The van der Waals surface area contributed by atoms with Crippen LogP contribution in [0.2, 0.25) is 0 Å². The van der Waals surface area contributed by atoms with Gasteiger partial charge in [0.2, 0.25) is 0 Å². The van der Waals surface area contributed by atoms with E-state index in [-0.39, 0.29) is 5.75 Å². The molecule has 4 nitrogen and oxygen atoms in total. The number of methoxy groups -OCH3 is 2. The van der Waals surface area contributed by atoms with Crippen LogP contribution in [0.25, 0.3) is 0 Å². The highest BCUT2D eigenvalue weighted by atomic mass is 79.9. The highest BCUT2D eigenvalue weighted by molar-refractivity contribution is 9.11. The summed E-state index contributed by atoms with van der Waals surface area (Å²) in [4.78, 5) is 0. The first-order valence-electron chi connectivity index (χ1n) is 6.18. The van der Waals surface area contributed by atoms with Crippen molar-refractivity contribution in [2.45, 2.75) is 6.54 Å². The lowest BCUT2D eigenvalue weighted by Crippen LogP contribution is -2.01. The summed E-state index contributed by atoms with van der Waals surface area (Å²) in [5.41, 5.74) is 1.92. The zero-order valence-electron chi connectivity index (χ0n) is 11.6. The maximum absolute atomic E-state index is 9.59. The lowest BCUT2D eigenvalue weighted by atomic mass is 10.2. The maximum Gasteiger partial charge on any atom is 0.160 e. The van der Waals surface area contributed by atoms with Crippen LogP contribution in [0, 0.1) is 0 Å². The molecule has 0 fully saturated rings. The van der Waals surface area contributed by atoms with Crippen molar-refractivity contribution < 1.29 is 14.6 Å². The lowest BCUT2D eigenvalue weighted by molar-refractivity contribution is 0.373. The fourth-order valence-electron chi connectivity index (χ4n) is 1.85. The Labute approximate surface area is 140 Å². The fraction of sp³-hybridized carbons (Fsp3) is 0.200. The van der Waals surface area contributed by atoms with E-state index < -0.39 is 0 Å². The molecule has 0 unspecified atom stereocenters. The summed E-state index contributed by atoms with van der Waals surface area (Å²) in [5.74, 6) is 1.35. The van der Waals surface area contributed by atoms with Crippen LogP contribution in [0.1, 0.15) is 5.56 Å². The van der Waals surface area contributed by atoms with Crippen molar-refractivity contribution in [1.29, 1.82) is 0 Å². The molecule has 2 N–H and O–H groups in total. The highest BCUT2D eigenvalue weighted by Gasteiger charge is 2.08. The topological polar surface area (TPSA) is 50.7 Å². The molecule has 0 aromatic heterocycles. The summed E-state index contributed by atoms with van der Waals surface area (Å²) >= 11 is 6.95. The Hall–Kier alpha value is -1.40. The van der Waals surface area contributed by atoms with Gasteiger partial charge in [0.1, 0.15) is 5.75 Å². The summed E-state index contributed by atoms with van der Waals surface area (Å²) in [6.07, 6.45) is 0. The standard InChI is InChI=1S/C15H15Br2NO3/c1-20-14-7-12(10(16)6-11(14)17)18-8-9-3-4-13(19)15(5-9)21-2/h3-7,18-19H,8H2,1-2H3. The number of aromatic hydroxyl groups is 1. The minimum atomic E-state index is 0.132. The second kappa shape index (κ2) is 7.04. The first-order chi connectivity index (χ1) is 10.0. The number of rotatable bonds is 5. The van der Waals surface area contributed by atoms with Crippen LogP contribution in [0.4, 0.5) is 5.69 Å². The van der Waals surface area contributed by atoms with E-state index in [4.69, 9.17) is 9.47 Å². The molecule has 0 saturated heterocycles. The van der Waals surface area contributed by atoms with E-state index in [9.17, 15) is 5.11 Å². The Morgan fingerprint density at radius 2 is 1.71 bits per heavy atom. The smallest absolute Gasteiger partial charge is 0.160 e. The summed E-state index contributed by atoms with van der Waals surface area (Å²) in [6.45, 7) is 0.597. The van der Waals surface area contributed by atoms with Gasteiger partial charge in [-0.05, 0) is 55.6 Å². The first kappa shape index (κ1) is 16.0. The number of phenolic OH excluding ortho intramolecular Hbond substituents is 1. The molecule has 21 heavy (non-hydrogen) atoms. The molecule has 112 valence electrons. The number of phenols is 1. The average Bonchev–Trinajstić information content (AvgIpc) is 2.47. The van der Waals surface area contributed by atoms with Crippen molar-refractivity contribution >= 4 is 37.5 Å². The molecule has 6 heteroatoms. The zero-order valence-corrected chi connectivity index (χ0v) is 14.8. The third-order valence-electron chi connectivity index (χ3n) is 2.97. The van der Waals surface area contributed by atoms with Crippen molar-refractivity contribution in [2.24, 2.45) is 0 Å². The molecule has 0 heterocycles. The summed E-state index contributed by atoms with van der Waals surface area (Å²) in [6, 6.07) is 9.10. The monoisotopic (exact) mass is 415 g/mol. The third-order valence-corrected chi connectivity index (χ3v) is 4.24. The van der Waals surface area contributed by atoms with Gasteiger partial charge in [0.15, 0.2) is 11.5 Å². The third kappa shape index (κ3) is 3.83. The molecule has 0 aliphatic heterocycles. The predicted octanol–water partition coefficient (Wildman–Crippen LogP) is 4.55. The van der Waals surface area contributed by atoms with Gasteiger partial charge in [0.05, 0.1) is 24.4 Å². The highest BCUT2D eigenvalue weighted by Crippen LogP contribution is 2.35. The maximum atomic E-state index is 9.59. The van der Waals surface area contributed by atoms with Gasteiger partial charge in [0.25, 0.3) is 0 Å². The quantitative estimate of drug-likeness (QED) is 0.750. The van der Waals surface area contributed by atoms with E-state index in [0.29, 0.717) is 12.3 Å². The number of nitrogens with one attached hydrogen (secondary N) is 1.